The monoisotopic (exact) mass is 582 g/mol. The van der Waals surface area contributed by atoms with Crippen molar-refractivity contribution in [2.24, 2.45) is 11.3 Å². The molecule has 2 saturated carbocycles. The number of hydrogen-bond donors (Lipinski definition) is 1. The lowest BCUT2D eigenvalue weighted by Crippen LogP contribution is -2.49. The van der Waals surface area contributed by atoms with E-state index in [-0.39, 0.29) is 6.03 Å². The maximum atomic E-state index is 12.6. The van der Waals surface area contributed by atoms with Crippen LogP contribution in [0.2, 0.25) is 0 Å². The first-order valence-electron chi connectivity index (χ1n) is 16.5. The Labute approximate surface area is 255 Å². The summed E-state index contributed by atoms with van der Waals surface area (Å²) >= 11 is 0. The molecule has 228 valence electrons. The number of pyridine rings is 1. The highest BCUT2D eigenvalue weighted by Gasteiger charge is 2.47. The number of amides is 2. The quantitative estimate of drug-likeness (QED) is 0.314. The Bertz CT molecular complexity index is 1430. The Hall–Kier alpha value is -3.39. The molecule has 0 bridgehead atoms. The van der Waals surface area contributed by atoms with E-state index in [4.69, 9.17) is 4.98 Å². The second kappa shape index (κ2) is 11.9. The number of urea groups is 1. The smallest absolute Gasteiger partial charge is 0.321 e. The zero-order valence-corrected chi connectivity index (χ0v) is 25.6. The predicted molar refractivity (Wildman–Crippen MR) is 172 cm³/mol. The van der Waals surface area contributed by atoms with Gasteiger partial charge in [-0.2, -0.15) is 0 Å². The number of aromatic nitrogens is 2. The van der Waals surface area contributed by atoms with Crippen LogP contribution in [0.3, 0.4) is 0 Å². The summed E-state index contributed by atoms with van der Waals surface area (Å²) in [7, 11) is 1.63. The average molecular weight is 583 g/mol. The summed E-state index contributed by atoms with van der Waals surface area (Å²) in [6.07, 6.45) is 15.5. The number of benzene rings is 1. The van der Waals surface area contributed by atoms with E-state index in [1.54, 1.807) is 11.9 Å². The van der Waals surface area contributed by atoms with Gasteiger partial charge in [-0.1, -0.05) is 18.2 Å². The molecule has 8 heteroatoms. The van der Waals surface area contributed by atoms with Crippen molar-refractivity contribution in [1.29, 1.82) is 0 Å². The molecule has 4 aliphatic rings. The Kier molecular flexibility index (Phi) is 7.89. The molecule has 2 saturated heterocycles. The van der Waals surface area contributed by atoms with Crippen LogP contribution in [-0.4, -0.2) is 73.1 Å². The molecule has 0 atom stereocenters. The lowest BCUT2D eigenvalue weighted by Gasteiger charge is -2.53. The zero-order valence-electron chi connectivity index (χ0n) is 25.6. The molecule has 3 aromatic rings. The van der Waals surface area contributed by atoms with Crippen LogP contribution in [0.25, 0.3) is 11.0 Å². The highest BCUT2D eigenvalue weighted by Crippen LogP contribution is 2.56. The number of anilines is 2. The van der Waals surface area contributed by atoms with Gasteiger partial charge in [0.25, 0.3) is 0 Å². The molecule has 2 aliphatic heterocycles. The van der Waals surface area contributed by atoms with Crippen LogP contribution in [-0.2, 0) is 4.79 Å². The second-order valence-electron chi connectivity index (χ2n) is 13.6. The molecule has 4 heterocycles. The fourth-order valence-corrected chi connectivity index (χ4v) is 8.09. The van der Waals surface area contributed by atoms with E-state index in [1.165, 1.54) is 101 Å². The lowest BCUT2D eigenvalue weighted by molar-refractivity contribution is -0.107. The molecule has 43 heavy (non-hydrogen) atoms. The van der Waals surface area contributed by atoms with Crippen molar-refractivity contribution < 1.29 is 9.59 Å². The van der Waals surface area contributed by atoms with Crippen molar-refractivity contribution in [3.8, 4) is 0 Å². The molecular formula is C35H46N6O2. The van der Waals surface area contributed by atoms with E-state index < -0.39 is 0 Å². The van der Waals surface area contributed by atoms with Gasteiger partial charge in [-0.25, -0.2) is 9.78 Å². The minimum Gasteiger partial charge on any atom is -0.372 e. The number of carbonyl (C=O) groups excluding carboxylic acids is 2. The number of carbonyl (C=O) groups is 2. The van der Waals surface area contributed by atoms with Crippen molar-refractivity contribution in [2.75, 3.05) is 56.1 Å². The number of hydrogen-bond acceptors (Lipinski definition) is 5. The summed E-state index contributed by atoms with van der Waals surface area (Å²) in [6, 6.07) is 13.3. The lowest BCUT2D eigenvalue weighted by atomic mass is 9.60. The van der Waals surface area contributed by atoms with Crippen LogP contribution in [0.1, 0.15) is 75.3 Å². The van der Waals surface area contributed by atoms with Crippen molar-refractivity contribution in [1.82, 2.24) is 19.8 Å². The topological polar surface area (TPSA) is 73.7 Å². The van der Waals surface area contributed by atoms with Gasteiger partial charge in [-0.05, 0) is 105 Å². The van der Waals surface area contributed by atoms with E-state index in [0.29, 0.717) is 30.3 Å². The molecule has 1 aromatic carbocycles. The van der Waals surface area contributed by atoms with Crippen LogP contribution in [0, 0.1) is 11.3 Å². The van der Waals surface area contributed by atoms with Gasteiger partial charge in [-0.15, -0.1) is 0 Å². The third kappa shape index (κ3) is 5.78. The number of fused-ring (bicyclic) bond motifs is 1. The highest BCUT2D eigenvalue weighted by molar-refractivity contribution is 5.95. The summed E-state index contributed by atoms with van der Waals surface area (Å²) in [5, 5.41) is 3.89. The van der Waals surface area contributed by atoms with Gasteiger partial charge in [0.05, 0.1) is 11.9 Å². The van der Waals surface area contributed by atoms with E-state index in [9.17, 15) is 9.59 Å². The number of aldehydes is 1. The molecule has 2 aromatic heterocycles. The summed E-state index contributed by atoms with van der Waals surface area (Å²) in [6.45, 7) is 6.46. The Morgan fingerprint density at radius 2 is 1.81 bits per heavy atom. The fraction of sp³-hybridized carbons (Fsp3) is 0.571. The normalized spacial score (nSPS) is 21.2. The highest BCUT2D eigenvalue weighted by atomic mass is 16.2. The van der Waals surface area contributed by atoms with Gasteiger partial charge in [-0.3, -0.25) is 4.90 Å². The molecule has 1 N–H and O–H groups in total. The number of likely N-dealkylation sites (tertiary alicyclic amines) is 1. The Morgan fingerprint density at radius 3 is 2.49 bits per heavy atom. The molecule has 7 rings (SSSR count). The third-order valence-corrected chi connectivity index (χ3v) is 10.8. The first-order valence-corrected chi connectivity index (χ1v) is 16.5. The number of nitrogens with one attached hydrogen (secondary N) is 1. The van der Waals surface area contributed by atoms with E-state index >= 15 is 0 Å². The molecule has 1 spiro atoms. The first kappa shape index (κ1) is 28.4. The van der Waals surface area contributed by atoms with E-state index in [2.05, 4.69) is 62.3 Å². The molecule has 0 radical (unpaired) electrons. The predicted octanol–water partition coefficient (Wildman–Crippen LogP) is 5.98. The SMILES string of the molecule is CNC(=O)N(CCC=O)c1cnc2c(c1)c(C1CC1)cn2C1CC2(CCN(CC3CCN(c4ccccc4)CC3)CC2)C1. The zero-order chi connectivity index (χ0) is 29.4. The molecule has 4 fully saturated rings. The largest absolute Gasteiger partial charge is 0.372 e. The van der Waals surface area contributed by atoms with Crippen molar-refractivity contribution in [2.45, 2.75) is 69.7 Å². The van der Waals surface area contributed by atoms with Gasteiger partial charge in [0.2, 0.25) is 0 Å². The minimum absolute atomic E-state index is 0.208. The molecule has 2 aliphatic carbocycles. The van der Waals surface area contributed by atoms with Crippen LogP contribution >= 0.6 is 0 Å². The number of rotatable bonds is 9. The summed E-state index contributed by atoms with van der Waals surface area (Å²) in [4.78, 5) is 35.5. The maximum Gasteiger partial charge on any atom is 0.321 e. The van der Waals surface area contributed by atoms with Gasteiger partial charge >= 0.3 is 6.03 Å². The fourth-order valence-electron chi connectivity index (χ4n) is 8.09. The number of para-hydroxylation sites is 1. The van der Waals surface area contributed by atoms with Crippen LogP contribution < -0.4 is 15.1 Å². The van der Waals surface area contributed by atoms with Crippen molar-refractivity contribution in [3.63, 3.8) is 0 Å². The molecular weight excluding hydrogens is 536 g/mol. The van der Waals surface area contributed by atoms with Crippen molar-refractivity contribution >= 4 is 34.7 Å². The number of nitrogens with zero attached hydrogens (tertiary/aromatic N) is 5. The van der Waals surface area contributed by atoms with Gasteiger partial charge in [0, 0.05) is 63.0 Å². The van der Waals surface area contributed by atoms with Crippen LogP contribution in [0.15, 0.2) is 48.8 Å². The average Bonchev–Trinajstić information content (AvgIpc) is 3.81. The first-order chi connectivity index (χ1) is 21.1. The minimum atomic E-state index is -0.208. The molecule has 0 unspecified atom stereocenters. The maximum absolute atomic E-state index is 12.6. The Morgan fingerprint density at radius 1 is 1.07 bits per heavy atom. The van der Waals surface area contributed by atoms with E-state index in [0.717, 1.165) is 23.5 Å². The van der Waals surface area contributed by atoms with Crippen LogP contribution in [0.4, 0.5) is 16.2 Å². The van der Waals surface area contributed by atoms with Gasteiger partial charge in [0.1, 0.15) is 11.9 Å². The Balaban J connectivity index is 0.967. The summed E-state index contributed by atoms with van der Waals surface area (Å²) in [5.74, 6) is 1.42. The van der Waals surface area contributed by atoms with Crippen LogP contribution in [0.5, 0.6) is 0 Å². The third-order valence-electron chi connectivity index (χ3n) is 10.8. The van der Waals surface area contributed by atoms with E-state index in [1.807, 2.05) is 6.20 Å². The summed E-state index contributed by atoms with van der Waals surface area (Å²) < 4.78 is 2.46. The second-order valence-corrected chi connectivity index (χ2v) is 13.6. The molecule has 8 nitrogen and oxygen atoms in total. The standard InChI is InChI=1S/C35H46N6O2/c1-36-34(43)40(14-5-19-42)29-20-31-32(27-8-9-27)25-41(33(31)37-23-29)30-21-35(22-30)12-17-38(18-13-35)24-26-10-15-39(16-11-26)28-6-3-2-4-7-28/h2-4,6-7,19-20,23,25-27,30H,5,8-18,21-22,24H2,1H3,(H,36,43). The van der Waals surface area contributed by atoms with Gasteiger partial charge < -0.3 is 24.5 Å². The van der Waals surface area contributed by atoms with Gasteiger partial charge in [0.15, 0.2) is 0 Å². The van der Waals surface area contributed by atoms with Crippen molar-refractivity contribution in [3.05, 3.63) is 54.4 Å². The summed E-state index contributed by atoms with van der Waals surface area (Å²) in [5.41, 5.74) is 5.05. The molecule has 2 amide bonds. The number of piperidine rings is 2.